The fraction of sp³-hybridized carbons (Fsp3) is 0.250. The minimum atomic E-state index is -0.781. The third kappa shape index (κ3) is 2.57. The molecule has 106 valence electrons. The Bertz CT molecular complexity index is 618. The first-order valence-electron chi connectivity index (χ1n) is 5.70. The molecule has 0 bridgehead atoms. The van der Waals surface area contributed by atoms with Crippen LogP contribution in [-0.2, 0) is 9.59 Å². The number of hydrogen-bond acceptors (Lipinski definition) is 4. The molecule has 1 saturated heterocycles. The second-order valence-electron chi connectivity index (χ2n) is 4.39. The van der Waals surface area contributed by atoms with Crippen molar-refractivity contribution < 1.29 is 14.4 Å². The number of piperazine rings is 1. The standard InChI is InChI=1S/C12H11Cl2N3O3/c1-5-11(19)16-9(18)4-17(5)12(20)7-2-6(15)3-8(13)10(7)14/h2-3,5H,4,15H2,1H3,(H,16,18,19). The maximum absolute atomic E-state index is 12.4. The Morgan fingerprint density at radius 1 is 1.40 bits per heavy atom. The zero-order valence-corrected chi connectivity index (χ0v) is 12.0. The van der Waals surface area contributed by atoms with Crippen LogP contribution in [0.5, 0.6) is 0 Å². The van der Waals surface area contributed by atoms with E-state index in [9.17, 15) is 14.4 Å². The van der Waals surface area contributed by atoms with Crippen molar-refractivity contribution in [1.29, 1.82) is 0 Å². The van der Waals surface area contributed by atoms with Crippen molar-refractivity contribution in [2.75, 3.05) is 12.3 Å². The molecule has 0 saturated carbocycles. The van der Waals surface area contributed by atoms with Crippen molar-refractivity contribution in [2.45, 2.75) is 13.0 Å². The fourth-order valence-corrected chi connectivity index (χ4v) is 2.30. The van der Waals surface area contributed by atoms with Crippen LogP contribution in [0, 0.1) is 0 Å². The van der Waals surface area contributed by atoms with Gasteiger partial charge in [-0.3, -0.25) is 19.7 Å². The van der Waals surface area contributed by atoms with Crippen LogP contribution in [0.25, 0.3) is 0 Å². The molecule has 0 aromatic heterocycles. The van der Waals surface area contributed by atoms with Gasteiger partial charge < -0.3 is 10.6 Å². The fourth-order valence-electron chi connectivity index (χ4n) is 1.88. The molecule has 3 amide bonds. The summed E-state index contributed by atoms with van der Waals surface area (Å²) in [5, 5.41) is 2.32. The van der Waals surface area contributed by atoms with Gasteiger partial charge in [-0.2, -0.15) is 0 Å². The van der Waals surface area contributed by atoms with Gasteiger partial charge in [-0.15, -0.1) is 0 Å². The highest BCUT2D eigenvalue weighted by atomic mass is 35.5. The van der Waals surface area contributed by atoms with Gasteiger partial charge in [-0.25, -0.2) is 0 Å². The van der Waals surface area contributed by atoms with Crippen molar-refractivity contribution in [3.05, 3.63) is 27.7 Å². The number of carbonyl (C=O) groups is 3. The third-order valence-corrected chi connectivity index (χ3v) is 3.77. The van der Waals surface area contributed by atoms with Gasteiger partial charge in [0.1, 0.15) is 12.6 Å². The molecule has 2 rings (SSSR count). The maximum atomic E-state index is 12.4. The molecular formula is C12H11Cl2N3O3. The van der Waals surface area contributed by atoms with Crippen molar-refractivity contribution in [3.8, 4) is 0 Å². The monoisotopic (exact) mass is 315 g/mol. The summed E-state index contributed by atoms with van der Waals surface area (Å²) in [6.07, 6.45) is 0. The molecule has 1 heterocycles. The smallest absolute Gasteiger partial charge is 0.256 e. The highest BCUT2D eigenvalue weighted by Gasteiger charge is 2.35. The lowest BCUT2D eigenvalue weighted by atomic mass is 10.1. The summed E-state index contributed by atoms with van der Waals surface area (Å²) in [5.41, 5.74) is 5.95. The molecule has 0 radical (unpaired) electrons. The minimum Gasteiger partial charge on any atom is -0.399 e. The number of nitrogen functional groups attached to an aromatic ring is 1. The number of halogens is 2. The number of hydrogen-bond donors (Lipinski definition) is 2. The molecule has 6 nitrogen and oxygen atoms in total. The topological polar surface area (TPSA) is 92.5 Å². The van der Waals surface area contributed by atoms with Crippen molar-refractivity contribution in [2.24, 2.45) is 0 Å². The Kier molecular flexibility index (Phi) is 3.87. The summed E-state index contributed by atoms with van der Waals surface area (Å²) in [6.45, 7) is 1.29. The summed E-state index contributed by atoms with van der Waals surface area (Å²) in [5.74, 6) is -1.66. The number of imide groups is 1. The lowest BCUT2D eigenvalue weighted by Crippen LogP contribution is -2.58. The van der Waals surface area contributed by atoms with E-state index in [0.717, 1.165) is 4.90 Å². The first kappa shape index (κ1) is 14.6. The lowest BCUT2D eigenvalue weighted by Gasteiger charge is -2.32. The van der Waals surface area contributed by atoms with Crippen molar-refractivity contribution in [3.63, 3.8) is 0 Å². The number of anilines is 1. The predicted molar refractivity (Wildman–Crippen MR) is 74.5 cm³/mol. The average molecular weight is 316 g/mol. The highest BCUT2D eigenvalue weighted by Crippen LogP contribution is 2.30. The van der Waals surface area contributed by atoms with Crippen molar-refractivity contribution >= 4 is 46.6 Å². The van der Waals surface area contributed by atoms with E-state index < -0.39 is 23.8 Å². The SMILES string of the molecule is CC1C(=O)NC(=O)CN1C(=O)c1cc(N)cc(Cl)c1Cl. The van der Waals surface area contributed by atoms with Crippen LogP contribution in [0.2, 0.25) is 10.0 Å². The first-order valence-corrected chi connectivity index (χ1v) is 6.46. The Labute approximate surface area is 124 Å². The van der Waals surface area contributed by atoms with Gasteiger partial charge in [0.2, 0.25) is 11.8 Å². The van der Waals surface area contributed by atoms with Crippen LogP contribution < -0.4 is 11.1 Å². The van der Waals surface area contributed by atoms with Crippen LogP contribution in [0.15, 0.2) is 12.1 Å². The summed E-state index contributed by atoms with van der Waals surface area (Å²) in [7, 11) is 0. The van der Waals surface area contributed by atoms with Crippen molar-refractivity contribution in [1.82, 2.24) is 10.2 Å². The van der Waals surface area contributed by atoms with Gasteiger partial charge in [0.25, 0.3) is 5.91 Å². The molecule has 1 unspecified atom stereocenters. The summed E-state index contributed by atoms with van der Waals surface area (Å²) in [4.78, 5) is 36.5. The average Bonchev–Trinajstić information content (AvgIpc) is 2.37. The zero-order valence-electron chi connectivity index (χ0n) is 10.4. The maximum Gasteiger partial charge on any atom is 0.256 e. The van der Waals surface area contributed by atoms with Gasteiger partial charge in [-0.1, -0.05) is 23.2 Å². The van der Waals surface area contributed by atoms with E-state index in [-0.39, 0.29) is 27.8 Å². The Morgan fingerprint density at radius 2 is 2.05 bits per heavy atom. The molecule has 20 heavy (non-hydrogen) atoms. The van der Waals surface area contributed by atoms with Gasteiger partial charge in [-0.05, 0) is 19.1 Å². The largest absolute Gasteiger partial charge is 0.399 e. The number of carbonyl (C=O) groups excluding carboxylic acids is 3. The van der Waals surface area contributed by atoms with Crippen LogP contribution in [0.3, 0.4) is 0 Å². The van der Waals surface area contributed by atoms with Crippen LogP contribution in [0.1, 0.15) is 17.3 Å². The van der Waals surface area contributed by atoms with E-state index in [4.69, 9.17) is 28.9 Å². The Hall–Kier alpha value is -1.79. The molecular weight excluding hydrogens is 305 g/mol. The molecule has 1 atom stereocenters. The second-order valence-corrected chi connectivity index (χ2v) is 5.17. The zero-order chi connectivity index (χ0) is 15.0. The molecule has 8 heteroatoms. The van der Waals surface area contributed by atoms with E-state index in [1.165, 1.54) is 19.1 Å². The van der Waals surface area contributed by atoms with Gasteiger partial charge in [0.15, 0.2) is 0 Å². The first-order chi connectivity index (χ1) is 9.31. The van der Waals surface area contributed by atoms with Gasteiger partial charge >= 0.3 is 0 Å². The molecule has 1 fully saturated rings. The Morgan fingerprint density at radius 3 is 2.70 bits per heavy atom. The summed E-state index contributed by atoms with van der Waals surface area (Å²) >= 11 is 11.8. The summed E-state index contributed by atoms with van der Waals surface area (Å²) in [6, 6.07) is 2.00. The molecule has 1 aliphatic rings. The molecule has 0 aliphatic carbocycles. The highest BCUT2D eigenvalue weighted by molar-refractivity contribution is 6.44. The number of rotatable bonds is 1. The Balaban J connectivity index is 2.40. The lowest BCUT2D eigenvalue weighted by molar-refractivity contribution is -0.138. The molecule has 1 aromatic carbocycles. The molecule has 0 spiro atoms. The number of amides is 3. The minimum absolute atomic E-state index is 0.0384. The van der Waals surface area contributed by atoms with Gasteiger partial charge in [0, 0.05) is 5.69 Å². The second kappa shape index (κ2) is 5.30. The van der Waals surface area contributed by atoms with Crippen LogP contribution in [-0.4, -0.2) is 35.2 Å². The predicted octanol–water partition coefficient (Wildman–Crippen LogP) is 1.06. The van der Waals surface area contributed by atoms with Gasteiger partial charge in [0.05, 0.1) is 15.6 Å². The molecule has 1 aromatic rings. The van der Waals surface area contributed by atoms with E-state index in [1.54, 1.807) is 0 Å². The number of nitrogens with one attached hydrogen (secondary N) is 1. The van der Waals surface area contributed by atoms with E-state index in [1.807, 2.05) is 0 Å². The quantitative estimate of drug-likeness (QED) is 0.598. The number of nitrogens with two attached hydrogens (primary N) is 1. The van der Waals surface area contributed by atoms with Crippen LogP contribution in [0.4, 0.5) is 5.69 Å². The normalized spacial score (nSPS) is 18.9. The molecule has 1 aliphatic heterocycles. The summed E-state index contributed by atoms with van der Waals surface area (Å²) < 4.78 is 0. The molecule has 3 N–H and O–H groups in total. The number of nitrogens with zero attached hydrogens (tertiary/aromatic N) is 1. The number of benzene rings is 1. The van der Waals surface area contributed by atoms with E-state index in [0.29, 0.717) is 0 Å². The van der Waals surface area contributed by atoms with Crippen LogP contribution >= 0.6 is 23.2 Å². The van der Waals surface area contributed by atoms with E-state index >= 15 is 0 Å². The van der Waals surface area contributed by atoms with E-state index in [2.05, 4.69) is 5.32 Å². The third-order valence-electron chi connectivity index (χ3n) is 2.97.